The number of methoxy groups -OCH3 is 1. The van der Waals surface area contributed by atoms with Gasteiger partial charge in [0.2, 0.25) is 0 Å². The summed E-state index contributed by atoms with van der Waals surface area (Å²) in [7, 11) is 1.67. The van der Waals surface area contributed by atoms with Crippen LogP contribution in [0.15, 0.2) is 24.3 Å². The van der Waals surface area contributed by atoms with Crippen LogP contribution in [0.5, 0.6) is 5.75 Å². The van der Waals surface area contributed by atoms with E-state index in [1.54, 1.807) is 7.11 Å². The summed E-state index contributed by atoms with van der Waals surface area (Å²) in [5, 5.41) is 1.37. The molecule has 2 heterocycles. The van der Waals surface area contributed by atoms with Crippen LogP contribution < -0.4 is 4.74 Å². The van der Waals surface area contributed by atoms with Crippen LogP contribution in [0.4, 0.5) is 4.79 Å². The maximum atomic E-state index is 12.3. The molecule has 2 unspecified atom stereocenters. The predicted octanol–water partition coefficient (Wildman–Crippen LogP) is 4.42. The van der Waals surface area contributed by atoms with Crippen LogP contribution >= 0.6 is 11.8 Å². The van der Waals surface area contributed by atoms with Crippen LogP contribution in [0.3, 0.4) is 0 Å². The van der Waals surface area contributed by atoms with Crippen molar-refractivity contribution < 1.29 is 9.53 Å². The summed E-state index contributed by atoms with van der Waals surface area (Å²) in [6, 6.07) is 8.30. The third-order valence-corrected chi connectivity index (χ3v) is 5.84. The van der Waals surface area contributed by atoms with Gasteiger partial charge in [0.1, 0.15) is 5.75 Å². The van der Waals surface area contributed by atoms with Gasteiger partial charge in [-0.3, -0.25) is 9.78 Å². The predicted molar refractivity (Wildman–Crippen MR) is 95.2 cm³/mol. The maximum absolute atomic E-state index is 12.3. The molecule has 23 heavy (non-hydrogen) atoms. The normalized spacial score (nSPS) is 21.2. The summed E-state index contributed by atoms with van der Waals surface area (Å²) in [6.07, 6.45) is 0.881. The first kappa shape index (κ1) is 16.1. The van der Waals surface area contributed by atoms with E-state index in [0.29, 0.717) is 0 Å². The number of nitrogens with zero attached hydrogens (tertiary/aromatic N) is 2. The van der Waals surface area contributed by atoms with E-state index >= 15 is 0 Å². The molecule has 4 nitrogen and oxygen atoms in total. The number of amides is 1. The Morgan fingerprint density at radius 2 is 2.09 bits per heavy atom. The Morgan fingerprint density at radius 1 is 1.30 bits per heavy atom. The van der Waals surface area contributed by atoms with Crippen molar-refractivity contribution in [3.8, 4) is 5.75 Å². The molecule has 2 aromatic rings. The zero-order valence-corrected chi connectivity index (χ0v) is 14.8. The van der Waals surface area contributed by atoms with Crippen molar-refractivity contribution in [1.82, 2.24) is 9.88 Å². The number of rotatable bonds is 4. The van der Waals surface area contributed by atoms with Crippen molar-refractivity contribution in [2.24, 2.45) is 0 Å². The Hall–Kier alpha value is -1.75. The standard InChI is InChI=1S/C18H22N2O2S/c1-5-12-9-15(17-11(3)20(6-2)18(21)23-17)14-10-13(22-4)7-8-16(14)19-12/h7-11,17H,5-6H2,1-4H3. The average Bonchev–Trinajstić information content (AvgIpc) is 2.86. The molecule has 0 bridgehead atoms. The largest absolute Gasteiger partial charge is 0.497 e. The number of benzene rings is 1. The fourth-order valence-corrected chi connectivity index (χ4v) is 4.49. The second kappa shape index (κ2) is 6.40. The van der Waals surface area contributed by atoms with Crippen molar-refractivity contribution in [2.45, 2.75) is 38.5 Å². The number of thioether (sulfide) groups is 1. The van der Waals surface area contributed by atoms with Crippen molar-refractivity contribution in [3.63, 3.8) is 0 Å². The van der Waals surface area contributed by atoms with Gasteiger partial charge in [0.25, 0.3) is 5.24 Å². The number of aromatic nitrogens is 1. The molecule has 0 saturated carbocycles. The number of pyridine rings is 1. The quantitative estimate of drug-likeness (QED) is 0.832. The van der Waals surface area contributed by atoms with Crippen LogP contribution in [0.1, 0.15) is 37.3 Å². The molecule has 0 spiro atoms. The summed E-state index contributed by atoms with van der Waals surface area (Å²) >= 11 is 1.43. The van der Waals surface area contributed by atoms with E-state index in [0.717, 1.165) is 35.3 Å². The molecular weight excluding hydrogens is 308 g/mol. The number of likely N-dealkylation sites (N-methyl/N-ethyl adjacent to an activating group) is 1. The maximum Gasteiger partial charge on any atom is 0.282 e. The van der Waals surface area contributed by atoms with Crippen molar-refractivity contribution >= 4 is 27.9 Å². The summed E-state index contributed by atoms with van der Waals surface area (Å²) in [5.74, 6) is 0.819. The first-order valence-electron chi connectivity index (χ1n) is 8.03. The van der Waals surface area contributed by atoms with Gasteiger partial charge in [0, 0.05) is 23.7 Å². The lowest BCUT2D eigenvalue weighted by Crippen LogP contribution is -2.31. The van der Waals surface area contributed by atoms with Crippen molar-refractivity contribution in [3.05, 3.63) is 35.5 Å². The molecule has 1 saturated heterocycles. The van der Waals surface area contributed by atoms with Crippen molar-refractivity contribution in [2.75, 3.05) is 13.7 Å². The molecule has 0 N–H and O–H groups in total. The van der Waals surface area contributed by atoms with Gasteiger partial charge in [-0.05, 0) is 50.1 Å². The fraction of sp³-hybridized carbons (Fsp3) is 0.444. The molecule has 0 aliphatic carbocycles. The highest BCUT2D eigenvalue weighted by Crippen LogP contribution is 2.45. The van der Waals surface area contributed by atoms with Gasteiger partial charge in [-0.1, -0.05) is 18.7 Å². The number of carbonyl (C=O) groups is 1. The van der Waals surface area contributed by atoms with Gasteiger partial charge >= 0.3 is 0 Å². The van der Waals surface area contributed by atoms with Gasteiger partial charge in [0.05, 0.1) is 17.9 Å². The third-order valence-electron chi connectivity index (χ3n) is 4.50. The van der Waals surface area contributed by atoms with E-state index in [4.69, 9.17) is 9.72 Å². The van der Waals surface area contributed by atoms with Gasteiger partial charge in [0.15, 0.2) is 0 Å². The Bertz CT molecular complexity index is 747. The Kier molecular flexibility index (Phi) is 4.48. The zero-order valence-electron chi connectivity index (χ0n) is 14.0. The lowest BCUT2D eigenvalue weighted by Gasteiger charge is -2.23. The molecule has 1 amide bonds. The summed E-state index contributed by atoms with van der Waals surface area (Å²) in [4.78, 5) is 18.9. The number of aryl methyl sites for hydroxylation is 1. The van der Waals surface area contributed by atoms with E-state index in [1.165, 1.54) is 17.3 Å². The van der Waals surface area contributed by atoms with Gasteiger partial charge < -0.3 is 9.64 Å². The number of ether oxygens (including phenoxy) is 1. The first-order chi connectivity index (χ1) is 11.1. The topological polar surface area (TPSA) is 42.4 Å². The van der Waals surface area contributed by atoms with E-state index in [1.807, 2.05) is 30.0 Å². The summed E-state index contributed by atoms with van der Waals surface area (Å²) in [6.45, 7) is 7.01. The van der Waals surface area contributed by atoms with Crippen LogP contribution in [0.2, 0.25) is 0 Å². The monoisotopic (exact) mass is 330 g/mol. The van der Waals surface area contributed by atoms with Crippen LogP contribution in [-0.4, -0.2) is 34.8 Å². The molecule has 1 aromatic heterocycles. The van der Waals surface area contributed by atoms with E-state index in [9.17, 15) is 4.79 Å². The number of fused-ring (bicyclic) bond motifs is 1. The highest BCUT2D eigenvalue weighted by atomic mass is 32.2. The second-order valence-electron chi connectivity index (χ2n) is 5.77. The van der Waals surface area contributed by atoms with Crippen molar-refractivity contribution in [1.29, 1.82) is 0 Å². The van der Waals surface area contributed by atoms with Gasteiger partial charge in [-0.15, -0.1) is 0 Å². The van der Waals surface area contributed by atoms with E-state index < -0.39 is 0 Å². The summed E-state index contributed by atoms with van der Waals surface area (Å²) < 4.78 is 5.37. The van der Waals surface area contributed by atoms with Gasteiger partial charge in [-0.2, -0.15) is 0 Å². The molecule has 2 atom stereocenters. The van der Waals surface area contributed by atoms with E-state index in [-0.39, 0.29) is 16.5 Å². The molecule has 1 fully saturated rings. The molecule has 1 aliphatic rings. The van der Waals surface area contributed by atoms with Gasteiger partial charge in [-0.25, -0.2) is 0 Å². The SMILES string of the molecule is CCc1cc(C2SC(=O)N(CC)C2C)c2cc(OC)ccc2n1. The van der Waals surface area contributed by atoms with E-state index in [2.05, 4.69) is 19.9 Å². The van der Waals surface area contributed by atoms with Crippen LogP contribution in [0, 0.1) is 0 Å². The Labute approximate surface area is 141 Å². The molecule has 3 rings (SSSR count). The Morgan fingerprint density at radius 3 is 2.70 bits per heavy atom. The second-order valence-corrected chi connectivity index (χ2v) is 6.86. The molecule has 5 heteroatoms. The number of carbonyl (C=O) groups excluding carboxylic acids is 1. The minimum atomic E-state index is 0.130. The Balaban J connectivity index is 2.17. The molecule has 1 aromatic carbocycles. The molecule has 0 radical (unpaired) electrons. The highest BCUT2D eigenvalue weighted by Gasteiger charge is 2.38. The fourth-order valence-electron chi connectivity index (χ4n) is 3.18. The smallest absolute Gasteiger partial charge is 0.282 e. The average molecular weight is 330 g/mol. The first-order valence-corrected chi connectivity index (χ1v) is 8.91. The molecular formula is C18H22N2O2S. The summed E-state index contributed by atoms with van der Waals surface area (Å²) in [5.41, 5.74) is 3.22. The van der Waals surface area contributed by atoms with Crippen LogP contribution in [-0.2, 0) is 6.42 Å². The lowest BCUT2D eigenvalue weighted by atomic mass is 9.99. The molecule has 1 aliphatic heterocycles. The lowest BCUT2D eigenvalue weighted by molar-refractivity contribution is 0.214. The number of hydrogen-bond acceptors (Lipinski definition) is 4. The minimum Gasteiger partial charge on any atom is -0.497 e. The molecule has 122 valence electrons. The van der Waals surface area contributed by atoms with Crippen LogP contribution in [0.25, 0.3) is 10.9 Å². The highest BCUT2D eigenvalue weighted by molar-refractivity contribution is 8.14. The zero-order chi connectivity index (χ0) is 16.6. The third kappa shape index (κ3) is 2.78. The number of hydrogen-bond donors (Lipinski definition) is 0. The minimum absolute atomic E-state index is 0.130.